The van der Waals surface area contributed by atoms with E-state index < -0.39 is 0 Å². The molecule has 1 saturated carbocycles. The first-order valence-electron chi connectivity index (χ1n) is 10.8. The van der Waals surface area contributed by atoms with Crippen LogP contribution in [0.25, 0.3) is 11.0 Å². The molecule has 0 radical (unpaired) electrons. The van der Waals surface area contributed by atoms with Crippen LogP contribution in [0.1, 0.15) is 49.7 Å². The molecule has 3 aromatic rings. The molecule has 158 valence electrons. The second-order valence-corrected chi connectivity index (χ2v) is 8.31. The van der Waals surface area contributed by atoms with Gasteiger partial charge in [0.1, 0.15) is 11.7 Å². The van der Waals surface area contributed by atoms with Gasteiger partial charge < -0.3 is 5.32 Å². The zero-order chi connectivity index (χ0) is 20.9. The second kappa shape index (κ2) is 9.24. The summed E-state index contributed by atoms with van der Waals surface area (Å²) in [6, 6.07) is 8.11. The molecule has 4 rings (SSSR count). The molecular weight excluding hydrogens is 378 g/mol. The summed E-state index contributed by atoms with van der Waals surface area (Å²) < 4.78 is 3.29. The van der Waals surface area contributed by atoms with Gasteiger partial charge in [-0.15, -0.1) is 0 Å². The topological polar surface area (TPSA) is 81.8 Å². The summed E-state index contributed by atoms with van der Waals surface area (Å²) >= 11 is 0. The predicted octanol–water partition coefficient (Wildman–Crippen LogP) is 3.04. The standard InChI is InChI=1S/C23H29N5O2/c1-17-6-8-19(9-7-17)15-27-16-25-22-20(23(27)30)14-26-28(22)13-12-24-21(29)11-10-18-4-2-3-5-18/h6-9,14,16,18H,2-5,10-13,15H2,1H3,(H,24,29). The fraction of sp³-hybridized carbons (Fsp3) is 0.478. The third kappa shape index (κ3) is 4.78. The van der Waals surface area contributed by atoms with Crippen LogP contribution >= 0.6 is 0 Å². The first-order chi connectivity index (χ1) is 14.6. The van der Waals surface area contributed by atoms with E-state index in [2.05, 4.69) is 15.4 Å². The van der Waals surface area contributed by atoms with Crippen molar-refractivity contribution in [3.8, 4) is 0 Å². The van der Waals surface area contributed by atoms with Gasteiger partial charge in [-0.25, -0.2) is 9.67 Å². The van der Waals surface area contributed by atoms with E-state index in [4.69, 9.17) is 0 Å². The van der Waals surface area contributed by atoms with Gasteiger partial charge in [-0.2, -0.15) is 5.10 Å². The van der Waals surface area contributed by atoms with E-state index in [-0.39, 0.29) is 11.5 Å². The van der Waals surface area contributed by atoms with Crippen LogP contribution in [-0.4, -0.2) is 31.8 Å². The minimum Gasteiger partial charge on any atom is -0.354 e. The van der Waals surface area contributed by atoms with Crippen molar-refractivity contribution in [1.82, 2.24) is 24.6 Å². The van der Waals surface area contributed by atoms with Crippen molar-refractivity contribution in [3.05, 3.63) is 58.3 Å². The van der Waals surface area contributed by atoms with Crippen molar-refractivity contribution < 1.29 is 4.79 Å². The molecule has 7 heteroatoms. The van der Waals surface area contributed by atoms with Gasteiger partial charge in [0.15, 0.2) is 5.65 Å². The minimum atomic E-state index is -0.104. The van der Waals surface area contributed by atoms with Gasteiger partial charge in [-0.1, -0.05) is 55.5 Å². The molecular formula is C23H29N5O2. The Morgan fingerprint density at radius 2 is 1.97 bits per heavy atom. The van der Waals surface area contributed by atoms with Crippen LogP contribution in [-0.2, 0) is 17.9 Å². The summed E-state index contributed by atoms with van der Waals surface area (Å²) in [6.45, 7) is 3.49. The van der Waals surface area contributed by atoms with E-state index in [0.29, 0.717) is 37.1 Å². The summed E-state index contributed by atoms with van der Waals surface area (Å²) in [4.78, 5) is 29.3. The molecule has 1 N–H and O–H groups in total. The first kappa shape index (κ1) is 20.3. The lowest BCUT2D eigenvalue weighted by atomic mass is 10.0. The second-order valence-electron chi connectivity index (χ2n) is 8.31. The Morgan fingerprint density at radius 1 is 1.20 bits per heavy atom. The highest BCUT2D eigenvalue weighted by Crippen LogP contribution is 2.28. The lowest BCUT2D eigenvalue weighted by Crippen LogP contribution is -2.28. The number of carbonyl (C=O) groups excluding carboxylic acids is 1. The van der Waals surface area contributed by atoms with Crippen LogP contribution in [0, 0.1) is 12.8 Å². The number of hydrogen-bond donors (Lipinski definition) is 1. The van der Waals surface area contributed by atoms with E-state index in [1.807, 2.05) is 31.2 Å². The third-order valence-corrected chi connectivity index (χ3v) is 6.00. The first-order valence-corrected chi connectivity index (χ1v) is 10.8. The summed E-state index contributed by atoms with van der Waals surface area (Å²) in [5.74, 6) is 0.809. The average Bonchev–Trinajstić information content (AvgIpc) is 3.40. The van der Waals surface area contributed by atoms with Gasteiger partial charge in [0.25, 0.3) is 5.56 Å². The molecule has 0 spiro atoms. The maximum Gasteiger partial charge on any atom is 0.264 e. The van der Waals surface area contributed by atoms with E-state index in [9.17, 15) is 9.59 Å². The normalized spacial score (nSPS) is 14.4. The van der Waals surface area contributed by atoms with Crippen molar-refractivity contribution in [2.45, 2.75) is 58.5 Å². The number of aryl methyl sites for hydroxylation is 1. The smallest absolute Gasteiger partial charge is 0.264 e. The van der Waals surface area contributed by atoms with Gasteiger partial charge in [0, 0.05) is 13.0 Å². The lowest BCUT2D eigenvalue weighted by Gasteiger charge is -2.09. The van der Waals surface area contributed by atoms with Gasteiger partial charge in [0.2, 0.25) is 5.91 Å². The average molecular weight is 408 g/mol. The van der Waals surface area contributed by atoms with Crippen molar-refractivity contribution in [1.29, 1.82) is 0 Å². The molecule has 7 nitrogen and oxygen atoms in total. The zero-order valence-electron chi connectivity index (χ0n) is 17.5. The van der Waals surface area contributed by atoms with E-state index in [0.717, 1.165) is 17.9 Å². The van der Waals surface area contributed by atoms with Crippen LogP contribution in [0.5, 0.6) is 0 Å². The molecule has 1 aliphatic carbocycles. The Balaban J connectivity index is 1.35. The molecule has 30 heavy (non-hydrogen) atoms. The highest BCUT2D eigenvalue weighted by Gasteiger charge is 2.16. The van der Waals surface area contributed by atoms with Crippen molar-refractivity contribution in [3.63, 3.8) is 0 Å². The molecule has 1 fully saturated rings. The highest BCUT2D eigenvalue weighted by molar-refractivity contribution is 5.76. The van der Waals surface area contributed by atoms with Crippen molar-refractivity contribution in [2.75, 3.05) is 6.54 Å². The van der Waals surface area contributed by atoms with Gasteiger partial charge >= 0.3 is 0 Å². The molecule has 0 aliphatic heterocycles. The number of nitrogens with one attached hydrogen (secondary N) is 1. The molecule has 1 amide bonds. The number of carbonyl (C=O) groups is 1. The molecule has 0 atom stereocenters. The number of aromatic nitrogens is 4. The van der Waals surface area contributed by atoms with Crippen LogP contribution in [0.2, 0.25) is 0 Å². The summed E-state index contributed by atoms with van der Waals surface area (Å²) in [5.41, 5.74) is 2.69. The van der Waals surface area contributed by atoms with E-state index in [1.54, 1.807) is 21.8 Å². The molecule has 0 saturated heterocycles. The lowest BCUT2D eigenvalue weighted by molar-refractivity contribution is -0.121. The monoisotopic (exact) mass is 407 g/mol. The van der Waals surface area contributed by atoms with Crippen LogP contribution in [0.3, 0.4) is 0 Å². The highest BCUT2D eigenvalue weighted by atomic mass is 16.1. The summed E-state index contributed by atoms with van der Waals surface area (Å²) in [6.07, 6.45) is 9.85. The quantitative estimate of drug-likeness (QED) is 0.622. The number of benzene rings is 1. The number of hydrogen-bond acceptors (Lipinski definition) is 4. The Hall–Kier alpha value is -2.96. The predicted molar refractivity (Wildman–Crippen MR) is 116 cm³/mol. The largest absolute Gasteiger partial charge is 0.354 e. The van der Waals surface area contributed by atoms with Crippen LogP contribution in [0.15, 0.2) is 41.6 Å². The van der Waals surface area contributed by atoms with Crippen molar-refractivity contribution in [2.24, 2.45) is 5.92 Å². The van der Waals surface area contributed by atoms with Crippen molar-refractivity contribution >= 4 is 16.9 Å². The zero-order valence-corrected chi connectivity index (χ0v) is 17.5. The van der Waals surface area contributed by atoms with Gasteiger partial charge in [-0.05, 0) is 24.8 Å². The fourth-order valence-electron chi connectivity index (χ4n) is 4.19. The number of fused-ring (bicyclic) bond motifs is 1. The van der Waals surface area contributed by atoms with E-state index in [1.165, 1.54) is 31.2 Å². The summed E-state index contributed by atoms with van der Waals surface area (Å²) in [5, 5.41) is 7.77. The fourth-order valence-corrected chi connectivity index (χ4v) is 4.19. The Bertz CT molecular complexity index is 1060. The Morgan fingerprint density at radius 3 is 2.73 bits per heavy atom. The summed E-state index contributed by atoms with van der Waals surface area (Å²) in [7, 11) is 0. The third-order valence-electron chi connectivity index (χ3n) is 6.00. The maximum atomic E-state index is 12.8. The number of nitrogens with zero attached hydrogens (tertiary/aromatic N) is 4. The molecule has 1 aliphatic rings. The Kier molecular flexibility index (Phi) is 6.26. The maximum absolute atomic E-state index is 12.8. The molecule has 2 aromatic heterocycles. The minimum absolute atomic E-state index is 0.0896. The van der Waals surface area contributed by atoms with Crippen LogP contribution < -0.4 is 10.9 Å². The number of rotatable bonds is 8. The van der Waals surface area contributed by atoms with Crippen LogP contribution in [0.4, 0.5) is 0 Å². The molecule has 0 unspecified atom stereocenters. The Labute approximate surface area is 176 Å². The molecule has 1 aromatic carbocycles. The molecule has 0 bridgehead atoms. The van der Waals surface area contributed by atoms with Gasteiger partial charge in [-0.3, -0.25) is 14.2 Å². The van der Waals surface area contributed by atoms with E-state index >= 15 is 0 Å². The van der Waals surface area contributed by atoms with Gasteiger partial charge in [0.05, 0.1) is 19.3 Å². The molecule has 2 heterocycles. The number of amides is 1. The SMILES string of the molecule is Cc1ccc(Cn2cnc3c(cnn3CCNC(=O)CCC3CCCC3)c2=O)cc1.